The van der Waals surface area contributed by atoms with Gasteiger partial charge in [0.25, 0.3) is 0 Å². The van der Waals surface area contributed by atoms with Crippen molar-refractivity contribution in [2.45, 2.75) is 18.2 Å². The highest BCUT2D eigenvalue weighted by molar-refractivity contribution is 9.10. The van der Waals surface area contributed by atoms with E-state index < -0.39 is 4.83 Å². The van der Waals surface area contributed by atoms with Gasteiger partial charge < -0.3 is 9.47 Å². The van der Waals surface area contributed by atoms with Gasteiger partial charge in [-0.15, -0.1) is 0 Å². The number of esters is 1. The molecule has 0 heterocycles. The first-order valence-electron chi connectivity index (χ1n) is 5.21. The molecule has 0 spiro atoms. The number of carbonyl (C=O) groups excluding carboxylic acids is 1. The molecule has 0 bridgehead atoms. The molecule has 0 fully saturated rings. The molecular formula is C12H14BrClO3. The van der Waals surface area contributed by atoms with Gasteiger partial charge in [0.1, 0.15) is 10.6 Å². The second-order valence-electron chi connectivity index (χ2n) is 3.38. The van der Waals surface area contributed by atoms with Crippen molar-refractivity contribution >= 4 is 33.5 Å². The van der Waals surface area contributed by atoms with Gasteiger partial charge in [-0.1, -0.05) is 27.5 Å². The van der Waals surface area contributed by atoms with Crippen molar-refractivity contribution in [3.8, 4) is 5.75 Å². The van der Waals surface area contributed by atoms with E-state index in [4.69, 9.17) is 21.1 Å². The summed E-state index contributed by atoms with van der Waals surface area (Å²) in [6.07, 6.45) is 0.467. The molecule has 17 heavy (non-hydrogen) atoms. The minimum atomic E-state index is -0.396. The third-order valence-electron chi connectivity index (χ3n) is 2.19. The molecule has 0 aliphatic heterocycles. The number of alkyl halides is 1. The van der Waals surface area contributed by atoms with E-state index in [1.54, 1.807) is 26.2 Å². The van der Waals surface area contributed by atoms with Crippen LogP contribution in [0.4, 0.5) is 0 Å². The highest BCUT2D eigenvalue weighted by Gasteiger charge is 2.18. The molecule has 0 amide bonds. The molecule has 5 heteroatoms. The van der Waals surface area contributed by atoms with Crippen LogP contribution in [0.3, 0.4) is 0 Å². The van der Waals surface area contributed by atoms with E-state index in [0.717, 1.165) is 5.56 Å². The summed E-state index contributed by atoms with van der Waals surface area (Å²) < 4.78 is 10.0. The maximum atomic E-state index is 11.5. The molecule has 0 N–H and O–H groups in total. The minimum absolute atomic E-state index is 0.286. The molecule has 0 saturated carbocycles. The number of benzene rings is 1. The lowest BCUT2D eigenvalue weighted by Gasteiger charge is -2.11. The van der Waals surface area contributed by atoms with Crippen LogP contribution in [0.25, 0.3) is 0 Å². The summed E-state index contributed by atoms with van der Waals surface area (Å²) in [4.78, 5) is 11.1. The van der Waals surface area contributed by atoms with Gasteiger partial charge in [0.2, 0.25) is 0 Å². The first kappa shape index (κ1) is 14.3. The standard InChI is InChI=1S/C12H14BrClO3/c1-3-17-12(15)10(13)7-8-6-9(16-2)4-5-11(8)14/h4-6,10H,3,7H2,1-2H3. The summed E-state index contributed by atoms with van der Waals surface area (Å²) in [5.41, 5.74) is 0.848. The van der Waals surface area contributed by atoms with E-state index in [-0.39, 0.29) is 5.97 Å². The largest absolute Gasteiger partial charge is 0.497 e. The minimum Gasteiger partial charge on any atom is -0.497 e. The zero-order chi connectivity index (χ0) is 12.8. The van der Waals surface area contributed by atoms with Crippen LogP contribution in [0, 0.1) is 0 Å². The van der Waals surface area contributed by atoms with Gasteiger partial charge in [-0.25, -0.2) is 0 Å². The molecule has 1 unspecified atom stereocenters. The SMILES string of the molecule is CCOC(=O)C(Br)Cc1cc(OC)ccc1Cl. The van der Waals surface area contributed by atoms with Crippen LogP contribution in [-0.4, -0.2) is 24.5 Å². The molecule has 0 radical (unpaired) electrons. The Kier molecular flexibility index (Phi) is 5.78. The van der Waals surface area contributed by atoms with E-state index in [1.807, 2.05) is 6.07 Å². The lowest BCUT2D eigenvalue weighted by molar-refractivity contribution is -0.142. The summed E-state index contributed by atoms with van der Waals surface area (Å²) in [6.45, 7) is 2.14. The number of hydrogen-bond acceptors (Lipinski definition) is 3. The summed E-state index contributed by atoms with van der Waals surface area (Å²) in [7, 11) is 1.59. The van der Waals surface area contributed by atoms with E-state index in [0.29, 0.717) is 23.8 Å². The van der Waals surface area contributed by atoms with Gasteiger partial charge in [0.05, 0.1) is 13.7 Å². The van der Waals surface area contributed by atoms with E-state index in [9.17, 15) is 4.79 Å². The Balaban J connectivity index is 2.76. The van der Waals surface area contributed by atoms with Crippen molar-refractivity contribution in [1.29, 1.82) is 0 Å². The summed E-state index contributed by atoms with van der Waals surface area (Å²) in [5.74, 6) is 0.430. The van der Waals surface area contributed by atoms with Gasteiger partial charge in [0, 0.05) is 5.02 Å². The van der Waals surface area contributed by atoms with Crippen LogP contribution in [0.2, 0.25) is 5.02 Å². The molecule has 94 valence electrons. The van der Waals surface area contributed by atoms with Gasteiger partial charge in [-0.3, -0.25) is 4.79 Å². The molecule has 1 rings (SSSR count). The van der Waals surface area contributed by atoms with Crippen molar-refractivity contribution in [1.82, 2.24) is 0 Å². The molecule has 0 aromatic heterocycles. The third kappa shape index (κ3) is 4.21. The fourth-order valence-electron chi connectivity index (χ4n) is 1.34. The normalized spacial score (nSPS) is 12.0. The zero-order valence-corrected chi connectivity index (χ0v) is 12.0. The quantitative estimate of drug-likeness (QED) is 0.617. The molecule has 1 aromatic rings. The number of carbonyl (C=O) groups is 1. The van der Waals surface area contributed by atoms with E-state index in [2.05, 4.69) is 15.9 Å². The summed E-state index contributed by atoms with van der Waals surface area (Å²) in [6, 6.07) is 5.34. The van der Waals surface area contributed by atoms with E-state index in [1.165, 1.54) is 0 Å². The highest BCUT2D eigenvalue weighted by Crippen LogP contribution is 2.25. The Hall–Kier alpha value is -0.740. The second kappa shape index (κ2) is 6.87. The smallest absolute Gasteiger partial charge is 0.320 e. The lowest BCUT2D eigenvalue weighted by atomic mass is 10.1. The fourth-order valence-corrected chi connectivity index (χ4v) is 2.02. The van der Waals surface area contributed by atoms with Crippen molar-refractivity contribution in [2.24, 2.45) is 0 Å². The zero-order valence-electron chi connectivity index (χ0n) is 9.70. The lowest BCUT2D eigenvalue weighted by Crippen LogP contribution is -2.19. The predicted molar refractivity (Wildman–Crippen MR) is 71.1 cm³/mol. The molecule has 0 aliphatic rings. The highest BCUT2D eigenvalue weighted by atomic mass is 79.9. The van der Waals surface area contributed by atoms with Crippen LogP contribution in [0.15, 0.2) is 18.2 Å². The van der Waals surface area contributed by atoms with Gasteiger partial charge >= 0.3 is 5.97 Å². The fraction of sp³-hybridized carbons (Fsp3) is 0.417. The number of rotatable bonds is 5. The average Bonchev–Trinajstić information content (AvgIpc) is 2.32. The molecule has 1 aromatic carbocycles. The average molecular weight is 322 g/mol. The third-order valence-corrected chi connectivity index (χ3v) is 3.26. The number of ether oxygens (including phenoxy) is 2. The monoisotopic (exact) mass is 320 g/mol. The van der Waals surface area contributed by atoms with Crippen molar-refractivity contribution in [3.05, 3.63) is 28.8 Å². The first-order chi connectivity index (χ1) is 8.08. The molecule has 1 atom stereocenters. The van der Waals surface area contributed by atoms with Gasteiger partial charge in [-0.05, 0) is 37.1 Å². The number of halogens is 2. The Bertz CT molecular complexity index is 395. The van der Waals surface area contributed by atoms with Crippen LogP contribution in [0.5, 0.6) is 5.75 Å². The predicted octanol–water partition coefficient (Wildman–Crippen LogP) is 3.22. The van der Waals surface area contributed by atoms with Crippen molar-refractivity contribution in [2.75, 3.05) is 13.7 Å². The van der Waals surface area contributed by atoms with Gasteiger partial charge in [-0.2, -0.15) is 0 Å². The summed E-state index contributed by atoms with van der Waals surface area (Å²) >= 11 is 9.34. The molecule has 3 nitrogen and oxygen atoms in total. The Labute approximate surface area is 114 Å². The maximum absolute atomic E-state index is 11.5. The van der Waals surface area contributed by atoms with Crippen LogP contribution in [-0.2, 0) is 16.0 Å². The van der Waals surface area contributed by atoms with Gasteiger partial charge in [0.15, 0.2) is 0 Å². The molecule has 0 saturated heterocycles. The Morgan fingerprint density at radius 3 is 2.82 bits per heavy atom. The number of methoxy groups -OCH3 is 1. The topological polar surface area (TPSA) is 35.5 Å². The molecule has 0 aliphatic carbocycles. The second-order valence-corrected chi connectivity index (χ2v) is 4.89. The Morgan fingerprint density at radius 2 is 2.24 bits per heavy atom. The van der Waals surface area contributed by atoms with Crippen molar-refractivity contribution in [3.63, 3.8) is 0 Å². The van der Waals surface area contributed by atoms with Crippen LogP contribution < -0.4 is 4.74 Å². The van der Waals surface area contributed by atoms with E-state index >= 15 is 0 Å². The molecular weight excluding hydrogens is 307 g/mol. The number of hydrogen-bond donors (Lipinski definition) is 0. The van der Waals surface area contributed by atoms with Crippen LogP contribution >= 0.6 is 27.5 Å². The maximum Gasteiger partial charge on any atom is 0.320 e. The first-order valence-corrected chi connectivity index (χ1v) is 6.51. The van der Waals surface area contributed by atoms with Crippen LogP contribution in [0.1, 0.15) is 12.5 Å². The Morgan fingerprint density at radius 1 is 1.53 bits per heavy atom. The summed E-state index contributed by atoms with van der Waals surface area (Å²) in [5, 5.41) is 0.611. The van der Waals surface area contributed by atoms with Crippen molar-refractivity contribution < 1.29 is 14.3 Å².